The Morgan fingerprint density at radius 3 is 2.52 bits per heavy atom. The number of rotatable bonds is 4. The van der Waals surface area contributed by atoms with Crippen molar-refractivity contribution < 1.29 is 9.59 Å². The predicted molar refractivity (Wildman–Crippen MR) is 95.3 cm³/mol. The average Bonchev–Trinajstić information content (AvgIpc) is 2.57. The van der Waals surface area contributed by atoms with Gasteiger partial charge in [0.1, 0.15) is 17.5 Å². The van der Waals surface area contributed by atoms with Crippen LogP contribution in [-0.4, -0.2) is 16.8 Å². The van der Waals surface area contributed by atoms with E-state index in [1.807, 2.05) is 13.0 Å². The summed E-state index contributed by atoms with van der Waals surface area (Å²) >= 11 is 0. The molecule has 0 fully saturated rings. The van der Waals surface area contributed by atoms with Gasteiger partial charge in [0.25, 0.3) is 5.91 Å². The van der Waals surface area contributed by atoms with Gasteiger partial charge in [-0.2, -0.15) is 5.26 Å². The first-order valence-electron chi connectivity index (χ1n) is 7.42. The van der Waals surface area contributed by atoms with Crippen LogP contribution in [0.2, 0.25) is 0 Å². The number of pyridine rings is 1. The number of anilines is 3. The van der Waals surface area contributed by atoms with Gasteiger partial charge in [-0.3, -0.25) is 9.59 Å². The number of nitrogens with two attached hydrogens (primary N) is 1. The normalized spacial score (nSPS) is 10.7. The molecule has 1 aromatic carbocycles. The Balaban J connectivity index is 2.29. The lowest BCUT2D eigenvalue weighted by molar-refractivity contribution is -0.123. The molecule has 0 aliphatic heterocycles. The number of imide groups is 1. The van der Waals surface area contributed by atoms with E-state index in [4.69, 9.17) is 5.73 Å². The summed E-state index contributed by atoms with van der Waals surface area (Å²) in [4.78, 5) is 29.5. The zero-order chi connectivity index (χ0) is 18.4. The van der Waals surface area contributed by atoms with Crippen molar-refractivity contribution in [2.24, 2.45) is 0 Å². The number of nitrogen functional groups attached to an aromatic ring is 1. The van der Waals surface area contributed by atoms with E-state index in [2.05, 4.69) is 10.3 Å². The number of hydrogen-bond acceptors (Lipinski definition) is 6. The summed E-state index contributed by atoms with van der Waals surface area (Å²) in [6.45, 7) is 3.14. The number of nitriles is 1. The lowest BCUT2D eigenvalue weighted by Crippen LogP contribution is -2.36. The second-order valence-electron chi connectivity index (χ2n) is 5.28. The van der Waals surface area contributed by atoms with E-state index in [0.29, 0.717) is 17.2 Å². The van der Waals surface area contributed by atoms with Crippen LogP contribution in [0, 0.1) is 18.3 Å². The van der Waals surface area contributed by atoms with Gasteiger partial charge in [0.2, 0.25) is 5.91 Å². The molecule has 0 radical (unpaired) electrons. The highest BCUT2D eigenvalue weighted by Crippen LogP contribution is 2.19. The Bertz CT molecular complexity index is 866. The molecule has 126 valence electrons. The summed E-state index contributed by atoms with van der Waals surface area (Å²) in [5, 5.41) is 12.1. The molecule has 0 unspecified atom stereocenters. The molecule has 0 aliphatic carbocycles. The number of benzene rings is 1. The third-order valence-electron chi connectivity index (χ3n) is 3.30. The molecule has 7 nitrogen and oxygen atoms in total. The number of aromatic nitrogens is 1. The fourth-order valence-electron chi connectivity index (χ4n) is 2.09. The standard InChI is InChI=1S/C18H17N5O2/c1-12-7-8-21-17(9-12)22-11-14(10-19)18(25)23(13(2)24)16-5-3-15(20)4-6-16/h3-9,11H,20H2,1-2H3,(H,21,22)/b14-11-. The molecule has 25 heavy (non-hydrogen) atoms. The van der Waals surface area contributed by atoms with E-state index in [-0.39, 0.29) is 5.57 Å². The van der Waals surface area contributed by atoms with Crippen LogP contribution in [0.15, 0.2) is 54.4 Å². The average molecular weight is 335 g/mol. The minimum atomic E-state index is -0.736. The summed E-state index contributed by atoms with van der Waals surface area (Å²) in [5.74, 6) is -0.757. The molecule has 0 bridgehead atoms. The van der Waals surface area contributed by atoms with Crippen LogP contribution in [0.1, 0.15) is 12.5 Å². The molecule has 2 aromatic rings. The van der Waals surface area contributed by atoms with Gasteiger partial charge in [0.05, 0.1) is 5.69 Å². The molecule has 2 rings (SSSR count). The molecule has 0 saturated carbocycles. The molecule has 7 heteroatoms. The van der Waals surface area contributed by atoms with Gasteiger partial charge in [0.15, 0.2) is 0 Å². The number of nitrogens with zero attached hydrogens (tertiary/aromatic N) is 3. The molecule has 3 N–H and O–H groups in total. The molecule has 1 heterocycles. The first-order valence-corrected chi connectivity index (χ1v) is 7.42. The molecular formula is C18H17N5O2. The highest BCUT2D eigenvalue weighted by atomic mass is 16.2. The van der Waals surface area contributed by atoms with Crippen molar-refractivity contribution in [1.29, 1.82) is 5.26 Å². The molecule has 2 amide bonds. The zero-order valence-electron chi connectivity index (χ0n) is 13.9. The number of nitrogens with one attached hydrogen (secondary N) is 1. The van der Waals surface area contributed by atoms with E-state index in [9.17, 15) is 14.9 Å². The second-order valence-corrected chi connectivity index (χ2v) is 5.28. The Labute approximate surface area is 145 Å². The molecule has 0 atom stereocenters. The van der Waals surface area contributed by atoms with E-state index >= 15 is 0 Å². The maximum atomic E-state index is 12.6. The third-order valence-corrected chi connectivity index (χ3v) is 3.30. The smallest absolute Gasteiger partial charge is 0.277 e. The third kappa shape index (κ3) is 4.42. The second kappa shape index (κ2) is 7.75. The first kappa shape index (κ1) is 17.7. The van der Waals surface area contributed by atoms with Crippen LogP contribution >= 0.6 is 0 Å². The van der Waals surface area contributed by atoms with E-state index in [0.717, 1.165) is 10.5 Å². The number of carbonyl (C=O) groups excluding carboxylic acids is 2. The van der Waals surface area contributed by atoms with Crippen LogP contribution in [0.5, 0.6) is 0 Å². The highest BCUT2D eigenvalue weighted by Gasteiger charge is 2.23. The minimum absolute atomic E-state index is 0.227. The van der Waals surface area contributed by atoms with Crippen LogP contribution < -0.4 is 16.0 Å². The van der Waals surface area contributed by atoms with E-state index in [1.54, 1.807) is 42.6 Å². The topological polar surface area (TPSA) is 112 Å². The van der Waals surface area contributed by atoms with Gasteiger partial charge < -0.3 is 11.1 Å². The number of carbonyl (C=O) groups is 2. The Morgan fingerprint density at radius 1 is 1.28 bits per heavy atom. The van der Waals surface area contributed by atoms with Crippen molar-refractivity contribution in [3.05, 3.63) is 59.9 Å². The van der Waals surface area contributed by atoms with Crippen molar-refractivity contribution in [2.45, 2.75) is 13.8 Å². The first-order chi connectivity index (χ1) is 11.9. The van der Waals surface area contributed by atoms with Crippen molar-refractivity contribution in [1.82, 2.24) is 4.98 Å². The number of aryl methyl sites for hydroxylation is 1. The van der Waals surface area contributed by atoms with Gasteiger partial charge in [-0.25, -0.2) is 9.88 Å². The van der Waals surface area contributed by atoms with Crippen molar-refractivity contribution in [3.8, 4) is 6.07 Å². The SMILES string of the molecule is CC(=O)N(C(=O)/C(C#N)=C\Nc1cc(C)ccn1)c1ccc(N)cc1. The predicted octanol–water partition coefficient (Wildman–Crippen LogP) is 2.37. The molecule has 0 aliphatic rings. The van der Waals surface area contributed by atoms with Crippen LogP contribution in [-0.2, 0) is 9.59 Å². The van der Waals surface area contributed by atoms with Crippen LogP contribution in [0.4, 0.5) is 17.2 Å². The fourth-order valence-corrected chi connectivity index (χ4v) is 2.09. The Hall–Kier alpha value is -3.66. The van der Waals surface area contributed by atoms with E-state index < -0.39 is 11.8 Å². The maximum absolute atomic E-state index is 12.6. The zero-order valence-corrected chi connectivity index (χ0v) is 13.9. The minimum Gasteiger partial charge on any atom is -0.399 e. The summed E-state index contributed by atoms with van der Waals surface area (Å²) < 4.78 is 0. The van der Waals surface area contributed by atoms with Gasteiger partial charge in [-0.05, 0) is 48.9 Å². The van der Waals surface area contributed by atoms with Crippen LogP contribution in [0.25, 0.3) is 0 Å². The summed E-state index contributed by atoms with van der Waals surface area (Å²) in [6, 6.07) is 11.6. The largest absolute Gasteiger partial charge is 0.399 e. The van der Waals surface area contributed by atoms with Gasteiger partial charge in [-0.15, -0.1) is 0 Å². The number of hydrogen-bond donors (Lipinski definition) is 2. The Kier molecular flexibility index (Phi) is 5.48. The molecule has 0 saturated heterocycles. The quantitative estimate of drug-likeness (QED) is 0.504. The van der Waals surface area contributed by atoms with Crippen molar-refractivity contribution in [3.63, 3.8) is 0 Å². The lowest BCUT2D eigenvalue weighted by atomic mass is 10.2. The highest BCUT2D eigenvalue weighted by molar-refractivity contribution is 6.21. The molecular weight excluding hydrogens is 318 g/mol. The van der Waals surface area contributed by atoms with Gasteiger partial charge in [0, 0.05) is 25.0 Å². The Morgan fingerprint density at radius 2 is 1.96 bits per heavy atom. The monoisotopic (exact) mass is 335 g/mol. The maximum Gasteiger partial charge on any atom is 0.277 e. The fraction of sp³-hybridized carbons (Fsp3) is 0.111. The summed E-state index contributed by atoms with van der Waals surface area (Å²) in [6.07, 6.45) is 2.84. The van der Waals surface area contributed by atoms with Gasteiger partial charge in [-0.1, -0.05) is 0 Å². The van der Waals surface area contributed by atoms with Crippen molar-refractivity contribution in [2.75, 3.05) is 16.0 Å². The van der Waals surface area contributed by atoms with E-state index in [1.165, 1.54) is 13.1 Å². The number of amides is 2. The lowest BCUT2D eigenvalue weighted by Gasteiger charge is -2.19. The summed E-state index contributed by atoms with van der Waals surface area (Å²) in [5.41, 5.74) is 7.21. The van der Waals surface area contributed by atoms with Crippen LogP contribution in [0.3, 0.4) is 0 Å². The van der Waals surface area contributed by atoms with Crippen molar-refractivity contribution >= 4 is 29.0 Å². The molecule has 1 aromatic heterocycles. The summed E-state index contributed by atoms with van der Waals surface area (Å²) in [7, 11) is 0. The molecule has 0 spiro atoms. The van der Waals surface area contributed by atoms with Gasteiger partial charge >= 0.3 is 0 Å².